The molecule has 0 amide bonds. The molecule has 1 nitrogen and oxygen atoms in total. The third kappa shape index (κ3) is 3.14. The van der Waals surface area contributed by atoms with Crippen LogP contribution in [0.15, 0.2) is 42.5 Å². The van der Waals surface area contributed by atoms with Crippen molar-refractivity contribution in [2.24, 2.45) is 0 Å². The first-order valence-electron chi connectivity index (χ1n) is 4.96. The first-order chi connectivity index (χ1) is 8.06. The fraction of sp³-hybridized carbons (Fsp3) is 0.0769. The average Bonchev–Trinajstić information content (AvgIpc) is 2.28. The Bertz CT molecular complexity index is 502. The fourth-order valence-corrected chi connectivity index (χ4v) is 2.24. The second kappa shape index (κ2) is 5.28. The minimum atomic E-state index is -0.761. The quantitative estimate of drug-likeness (QED) is 0.846. The van der Waals surface area contributed by atoms with Gasteiger partial charge in [0.15, 0.2) is 0 Å². The average molecular weight is 288 g/mol. The van der Waals surface area contributed by atoms with E-state index in [0.29, 0.717) is 20.6 Å². The molecule has 0 spiro atoms. The van der Waals surface area contributed by atoms with Crippen LogP contribution >= 0.6 is 34.8 Å². The molecule has 2 rings (SSSR count). The highest BCUT2D eigenvalue weighted by Crippen LogP contribution is 2.28. The minimum Gasteiger partial charge on any atom is -0.384 e. The lowest BCUT2D eigenvalue weighted by Gasteiger charge is -2.12. The second-order valence-corrected chi connectivity index (χ2v) is 4.97. The van der Waals surface area contributed by atoms with Crippen molar-refractivity contribution in [1.29, 1.82) is 0 Å². The summed E-state index contributed by atoms with van der Waals surface area (Å²) in [6.07, 6.45) is -0.761. The third-order valence-corrected chi connectivity index (χ3v) is 3.07. The lowest BCUT2D eigenvalue weighted by molar-refractivity contribution is 0.220. The summed E-state index contributed by atoms with van der Waals surface area (Å²) in [4.78, 5) is 0. The fourth-order valence-electron chi connectivity index (χ4n) is 1.57. The van der Waals surface area contributed by atoms with Gasteiger partial charge in [-0.2, -0.15) is 0 Å². The summed E-state index contributed by atoms with van der Waals surface area (Å²) in [5, 5.41) is 11.8. The molecule has 0 saturated heterocycles. The molecule has 0 bridgehead atoms. The molecular weight excluding hydrogens is 279 g/mol. The van der Waals surface area contributed by atoms with E-state index >= 15 is 0 Å². The van der Waals surface area contributed by atoms with Crippen LogP contribution in [0.4, 0.5) is 0 Å². The summed E-state index contributed by atoms with van der Waals surface area (Å²) < 4.78 is 0. The van der Waals surface area contributed by atoms with Crippen molar-refractivity contribution in [1.82, 2.24) is 0 Å². The molecule has 1 atom stereocenters. The van der Waals surface area contributed by atoms with Gasteiger partial charge in [0.05, 0.1) is 0 Å². The Kier molecular flexibility index (Phi) is 3.95. The molecule has 88 valence electrons. The maximum Gasteiger partial charge on any atom is 0.104 e. The monoisotopic (exact) mass is 286 g/mol. The van der Waals surface area contributed by atoms with Crippen LogP contribution in [0.1, 0.15) is 17.2 Å². The Labute approximate surface area is 115 Å². The van der Waals surface area contributed by atoms with Gasteiger partial charge in [-0.25, -0.2) is 0 Å². The summed E-state index contributed by atoms with van der Waals surface area (Å²) in [6, 6.07) is 12.0. The van der Waals surface area contributed by atoms with Crippen LogP contribution in [0.3, 0.4) is 0 Å². The highest BCUT2D eigenvalue weighted by Gasteiger charge is 2.11. The molecule has 0 aliphatic heterocycles. The van der Waals surface area contributed by atoms with Crippen molar-refractivity contribution in [3.63, 3.8) is 0 Å². The maximum absolute atomic E-state index is 10.2. The minimum absolute atomic E-state index is 0.500. The zero-order valence-electron chi connectivity index (χ0n) is 8.70. The molecule has 0 aromatic heterocycles. The Morgan fingerprint density at radius 1 is 0.706 bits per heavy atom. The van der Waals surface area contributed by atoms with E-state index in [1.807, 2.05) is 0 Å². The van der Waals surface area contributed by atoms with Gasteiger partial charge in [-0.05, 0) is 41.5 Å². The molecule has 4 heteroatoms. The topological polar surface area (TPSA) is 20.2 Å². The van der Waals surface area contributed by atoms with E-state index in [1.54, 1.807) is 42.5 Å². The van der Waals surface area contributed by atoms with E-state index < -0.39 is 6.10 Å². The van der Waals surface area contributed by atoms with Gasteiger partial charge in [-0.3, -0.25) is 0 Å². The molecule has 1 unspecified atom stereocenters. The van der Waals surface area contributed by atoms with Crippen LogP contribution in [0.5, 0.6) is 0 Å². The molecule has 0 saturated carbocycles. The molecule has 0 fully saturated rings. The van der Waals surface area contributed by atoms with E-state index in [4.69, 9.17) is 34.8 Å². The van der Waals surface area contributed by atoms with Gasteiger partial charge in [0, 0.05) is 15.1 Å². The SMILES string of the molecule is OC(c1ccc(Cl)cc1)c1cc(Cl)cc(Cl)c1. The number of aliphatic hydroxyl groups is 1. The molecule has 2 aromatic carbocycles. The van der Waals surface area contributed by atoms with Crippen molar-refractivity contribution in [2.45, 2.75) is 6.10 Å². The number of rotatable bonds is 2. The normalized spacial score (nSPS) is 12.5. The van der Waals surface area contributed by atoms with Crippen molar-refractivity contribution in [3.8, 4) is 0 Å². The van der Waals surface area contributed by atoms with Crippen LogP contribution in [0, 0.1) is 0 Å². The van der Waals surface area contributed by atoms with Gasteiger partial charge in [0.2, 0.25) is 0 Å². The van der Waals surface area contributed by atoms with E-state index in [-0.39, 0.29) is 0 Å². The first kappa shape index (κ1) is 12.7. The number of hydrogen-bond acceptors (Lipinski definition) is 1. The molecule has 0 radical (unpaired) electrons. The zero-order valence-corrected chi connectivity index (χ0v) is 11.0. The van der Waals surface area contributed by atoms with Crippen LogP contribution in [0.2, 0.25) is 15.1 Å². The van der Waals surface area contributed by atoms with Crippen LogP contribution in [0.25, 0.3) is 0 Å². The third-order valence-electron chi connectivity index (χ3n) is 2.39. The smallest absolute Gasteiger partial charge is 0.104 e. The van der Waals surface area contributed by atoms with Crippen LogP contribution < -0.4 is 0 Å². The van der Waals surface area contributed by atoms with Gasteiger partial charge < -0.3 is 5.11 Å². The predicted octanol–water partition coefficient (Wildman–Crippen LogP) is 4.73. The summed E-state index contributed by atoms with van der Waals surface area (Å²) in [6.45, 7) is 0. The van der Waals surface area contributed by atoms with Crippen LogP contribution in [-0.2, 0) is 0 Å². The van der Waals surface area contributed by atoms with Gasteiger partial charge in [-0.15, -0.1) is 0 Å². The molecule has 1 N–H and O–H groups in total. The van der Waals surface area contributed by atoms with Crippen LogP contribution in [-0.4, -0.2) is 5.11 Å². The largest absolute Gasteiger partial charge is 0.384 e. The molecule has 0 aliphatic carbocycles. The number of aliphatic hydroxyl groups excluding tert-OH is 1. The summed E-state index contributed by atoms with van der Waals surface area (Å²) in [5.74, 6) is 0. The van der Waals surface area contributed by atoms with Gasteiger partial charge in [0.1, 0.15) is 6.10 Å². The predicted molar refractivity (Wildman–Crippen MR) is 72.0 cm³/mol. The van der Waals surface area contributed by atoms with E-state index in [9.17, 15) is 5.11 Å². The second-order valence-electron chi connectivity index (χ2n) is 3.66. The summed E-state index contributed by atoms with van der Waals surface area (Å²) in [5.41, 5.74) is 1.40. The number of hydrogen-bond donors (Lipinski definition) is 1. The zero-order chi connectivity index (χ0) is 12.4. The molecule has 0 heterocycles. The summed E-state index contributed by atoms with van der Waals surface area (Å²) >= 11 is 17.6. The van der Waals surface area contributed by atoms with E-state index in [0.717, 1.165) is 5.56 Å². The number of halogens is 3. The van der Waals surface area contributed by atoms with Gasteiger partial charge >= 0.3 is 0 Å². The molecule has 2 aromatic rings. The standard InChI is InChI=1S/C13H9Cl3O/c14-10-3-1-8(2-4-10)13(17)9-5-11(15)7-12(16)6-9/h1-7,13,17H. The van der Waals surface area contributed by atoms with E-state index in [1.165, 1.54) is 0 Å². The van der Waals surface area contributed by atoms with Gasteiger partial charge in [-0.1, -0.05) is 46.9 Å². The highest BCUT2D eigenvalue weighted by atomic mass is 35.5. The Balaban J connectivity index is 2.36. The lowest BCUT2D eigenvalue weighted by Crippen LogP contribution is -1.99. The van der Waals surface area contributed by atoms with Crippen molar-refractivity contribution >= 4 is 34.8 Å². The number of benzene rings is 2. The first-order valence-corrected chi connectivity index (χ1v) is 6.09. The maximum atomic E-state index is 10.2. The molecular formula is C13H9Cl3O. The Hall–Kier alpha value is -0.730. The Morgan fingerprint density at radius 2 is 1.24 bits per heavy atom. The highest BCUT2D eigenvalue weighted by molar-refractivity contribution is 6.34. The Morgan fingerprint density at radius 3 is 1.76 bits per heavy atom. The molecule has 17 heavy (non-hydrogen) atoms. The van der Waals surface area contributed by atoms with Crippen molar-refractivity contribution in [2.75, 3.05) is 0 Å². The van der Waals surface area contributed by atoms with Gasteiger partial charge in [0.25, 0.3) is 0 Å². The summed E-state index contributed by atoms with van der Waals surface area (Å²) in [7, 11) is 0. The lowest BCUT2D eigenvalue weighted by atomic mass is 10.0. The van der Waals surface area contributed by atoms with Crippen molar-refractivity contribution in [3.05, 3.63) is 68.7 Å². The molecule has 0 aliphatic rings. The van der Waals surface area contributed by atoms with E-state index in [2.05, 4.69) is 0 Å². The van der Waals surface area contributed by atoms with Crippen molar-refractivity contribution < 1.29 is 5.11 Å².